The van der Waals surface area contributed by atoms with Crippen molar-refractivity contribution >= 4 is 17.3 Å². The lowest BCUT2D eigenvalue weighted by Gasteiger charge is -2.20. The Balaban J connectivity index is 2.90. The van der Waals surface area contributed by atoms with Crippen LogP contribution in [0.15, 0.2) is 18.2 Å². The van der Waals surface area contributed by atoms with Gasteiger partial charge in [-0.2, -0.15) is 0 Å². The summed E-state index contributed by atoms with van der Waals surface area (Å²) in [7, 11) is 0. The Labute approximate surface area is 125 Å². The number of nitrogens with zero attached hydrogens (tertiary/aromatic N) is 1. The van der Waals surface area contributed by atoms with Crippen molar-refractivity contribution in [3.05, 3.63) is 38.9 Å². The number of nitro benzene ring substituents is 1. The van der Waals surface area contributed by atoms with Crippen molar-refractivity contribution < 1.29 is 4.92 Å². The van der Waals surface area contributed by atoms with E-state index in [1.807, 2.05) is 0 Å². The van der Waals surface area contributed by atoms with Crippen LogP contribution in [0.5, 0.6) is 0 Å². The Hall–Kier alpha value is -1.13. The zero-order valence-corrected chi connectivity index (χ0v) is 13.1. The molecule has 1 rings (SSSR count). The van der Waals surface area contributed by atoms with E-state index in [4.69, 9.17) is 11.6 Å². The molecular formula is C15H23ClN2O2. The van der Waals surface area contributed by atoms with E-state index in [1.54, 1.807) is 12.1 Å². The Morgan fingerprint density at radius 2 is 2.10 bits per heavy atom. The lowest BCUT2D eigenvalue weighted by atomic mass is 9.96. The van der Waals surface area contributed by atoms with Crippen LogP contribution in [0.1, 0.15) is 39.2 Å². The summed E-state index contributed by atoms with van der Waals surface area (Å²) in [6.45, 7) is 7.35. The Kier molecular flexibility index (Phi) is 6.96. The van der Waals surface area contributed by atoms with Gasteiger partial charge in [-0.05, 0) is 43.9 Å². The molecule has 0 bridgehead atoms. The van der Waals surface area contributed by atoms with E-state index in [0.717, 1.165) is 19.4 Å². The van der Waals surface area contributed by atoms with E-state index in [-0.39, 0.29) is 16.7 Å². The van der Waals surface area contributed by atoms with Crippen molar-refractivity contribution in [2.75, 3.05) is 6.54 Å². The summed E-state index contributed by atoms with van der Waals surface area (Å²) in [5.41, 5.74) is 0.859. The second-order valence-corrected chi connectivity index (χ2v) is 5.95. The van der Waals surface area contributed by atoms with Gasteiger partial charge >= 0.3 is 0 Å². The molecule has 0 radical (unpaired) electrons. The number of nitro groups is 1. The third kappa shape index (κ3) is 5.47. The van der Waals surface area contributed by atoms with Gasteiger partial charge in [0.05, 0.1) is 4.92 Å². The SMILES string of the molecule is CCCNC(Cc1cc(Cl)ccc1[N+](=O)[O-])CC(C)C. The minimum absolute atomic E-state index is 0.154. The molecule has 20 heavy (non-hydrogen) atoms. The van der Waals surface area contributed by atoms with Gasteiger partial charge in [-0.15, -0.1) is 0 Å². The van der Waals surface area contributed by atoms with Gasteiger partial charge < -0.3 is 5.32 Å². The van der Waals surface area contributed by atoms with Gasteiger partial charge in [0.15, 0.2) is 0 Å². The summed E-state index contributed by atoms with van der Waals surface area (Å²) >= 11 is 5.97. The second-order valence-electron chi connectivity index (χ2n) is 5.51. The first kappa shape index (κ1) is 16.9. The molecule has 0 heterocycles. The number of benzene rings is 1. The van der Waals surface area contributed by atoms with Gasteiger partial charge in [-0.1, -0.05) is 32.4 Å². The number of halogens is 1. The zero-order valence-electron chi connectivity index (χ0n) is 12.4. The molecule has 1 aromatic carbocycles. The molecule has 0 saturated heterocycles. The maximum absolute atomic E-state index is 11.1. The highest BCUT2D eigenvalue weighted by atomic mass is 35.5. The van der Waals surface area contributed by atoms with Crippen LogP contribution in [0.2, 0.25) is 5.02 Å². The van der Waals surface area contributed by atoms with Crippen LogP contribution < -0.4 is 5.32 Å². The largest absolute Gasteiger partial charge is 0.314 e. The first-order valence-corrected chi connectivity index (χ1v) is 7.48. The van der Waals surface area contributed by atoms with Crippen molar-refractivity contribution in [1.29, 1.82) is 0 Å². The molecule has 0 spiro atoms. The third-order valence-corrected chi connectivity index (χ3v) is 3.38. The highest BCUT2D eigenvalue weighted by Gasteiger charge is 2.19. The number of nitrogens with one attached hydrogen (secondary N) is 1. The summed E-state index contributed by atoms with van der Waals surface area (Å²) in [5.74, 6) is 0.544. The van der Waals surface area contributed by atoms with E-state index in [0.29, 0.717) is 22.9 Å². The molecule has 1 unspecified atom stereocenters. The van der Waals surface area contributed by atoms with Crippen molar-refractivity contribution in [3.8, 4) is 0 Å². The first-order chi connectivity index (χ1) is 9.43. The summed E-state index contributed by atoms with van der Waals surface area (Å²) in [5, 5.41) is 15.1. The third-order valence-electron chi connectivity index (χ3n) is 3.14. The second kappa shape index (κ2) is 8.22. The summed E-state index contributed by atoms with van der Waals surface area (Å²) in [6.07, 6.45) is 2.67. The molecule has 0 aromatic heterocycles. The molecule has 0 amide bonds. The molecule has 5 heteroatoms. The molecule has 1 aromatic rings. The molecule has 0 fully saturated rings. The monoisotopic (exact) mass is 298 g/mol. The van der Waals surface area contributed by atoms with Gasteiger partial charge in [0.1, 0.15) is 0 Å². The average Bonchev–Trinajstić information content (AvgIpc) is 2.35. The van der Waals surface area contributed by atoms with Gasteiger partial charge in [-0.3, -0.25) is 10.1 Å². The van der Waals surface area contributed by atoms with E-state index >= 15 is 0 Å². The fourth-order valence-corrected chi connectivity index (χ4v) is 2.51. The highest BCUT2D eigenvalue weighted by molar-refractivity contribution is 6.30. The molecule has 1 atom stereocenters. The lowest BCUT2D eigenvalue weighted by Crippen LogP contribution is -2.33. The molecule has 0 aliphatic carbocycles. The maximum Gasteiger partial charge on any atom is 0.272 e. The van der Waals surface area contributed by atoms with E-state index in [2.05, 4.69) is 26.1 Å². The lowest BCUT2D eigenvalue weighted by molar-refractivity contribution is -0.385. The van der Waals surface area contributed by atoms with Crippen molar-refractivity contribution in [2.24, 2.45) is 5.92 Å². The molecule has 0 aliphatic heterocycles. The normalized spacial score (nSPS) is 12.7. The molecule has 0 saturated carbocycles. The quantitative estimate of drug-likeness (QED) is 0.578. The number of rotatable bonds is 8. The predicted octanol–water partition coefficient (Wildman–Crippen LogP) is 4.21. The smallest absolute Gasteiger partial charge is 0.272 e. The van der Waals surface area contributed by atoms with Gasteiger partial charge in [0.2, 0.25) is 0 Å². The minimum atomic E-state index is -0.335. The molecule has 4 nitrogen and oxygen atoms in total. The van der Waals surface area contributed by atoms with Gasteiger partial charge in [-0.25, -0.2) is 0 Å². The molecule has 1 N–H and O–H groups in total. The molecule has 0 aliphatic rings. The van der Waals surface area contributed by atoms with E-state index < -0.39 is 0 Å². The van der Waals surface area contributed by atoms with Gasteiger partial charge in [0.25, 0.3) is 5.69 Å². The topological polar surface area (TPSA) is 55.2 Å². The number of hydrogen-bond donors (Lipinski definition) is 1. The Bertz CT molecular complexity index is 449. The fourth-order valence-electron chi connectivity index (χ4n) is 2.32. The minimum Gasteiger partial charge on any atom is -0.314 e. The summed E-state index contributed by atoms with van der Waals surface area (Å²) in [6, 6.07) is 5.01. The maximum atomic E-state index is 11.1. The summed E-state index contributed by atoms with van der Waals surface area (Å²) in [4.78, 5) is 10.8. The standard InChI is InChI=1S/C15H23ClN2O2/c1-4-7-17-14(8-11(2)3)10-12-9-13(16)5-6-15(12)18(19)20/h5-6,9,11,14,17H,4,7-8,10H2,1-3H3. The van der Waals surface area contributed by atoms with Crippen LogP contribution in [-0.4, -0.2) is 17.5 Å². The van der Waals surface area contributed by atoms with Crippen molar-refractivity contribution in [2.45, 2.75) is 46.1 Å². The summed E-state index contributed by atoms with van der Waals surface area (Å²) < 4.78 is 0. The predicted molar refractivity (Wildman–Crippen MR) is 83.3 cm³/mol. The Morgan fingerprint density at radius 1 is 1.40 bits per heavy atom. The van der Waals surface area contributed by atoms with E-state index in [9.17, 15) is 10.1 Å². The van der Waals surface area contributed by atoms with E-state index in [1.165, 1.54) is 6.07 Å². The molecular weight excluding hydrogens is 276 g/mol. The van der Waals surface area contributed by atoms with Crippen LogP contribution in [0, 0.1) is 16.0 Å². The zero-order chi connectivity index (χ0) is 15.1. The Morgan fingerprint density at radius 3 is 2.65 bits per heavy atom. The average molecular weight is 299 g/mol. The highest BCUT2D eigenvalue weighted by Crippen LogP contribution is 2.25. The molecule has 112 valence electrons. The first-order valence-electron chi connectivity index (χ1n) is 7.10. The fraction of sp³-hybridized carbons (Fsp3) is 0.600. The van der Waals surface area contributed by atoms with Crippen LogP contribution in [0.25, 0.3) is 0 Å². The number of hydrogen-bond acceptors (Lipinski definition) is 3. The van der Waals surface area contributed by atoms with Crippen LogP contribution in [0.3, 0.4) is 0 Å². The van der Waals surface area contributed by atoms with Gasteiger partial charge in [0, 0.05) is 22.7 Å². The van der Waals surface area contributed by atoms with Crippen LogP contribution in [-0.2, 0) is 6.42 Å². The van der Waals surface area contributed by atoms with Crippen LogP contribution in [0.4, 0.5) is 5.69 Å². The van der Waals surface area contributed by atoms with Crippen LogP contribution >= 0.6 is 11.6 Å². The van der Waals surface area contributed by atoms with Crippen molar-refractivity contribution in [3.63, 3.8) is 0 Å². The van der Waals surface area contributed by atoms with Crippen molar-refractivity contribution in [1.82, 2.24) is 5.32 Å².